The van der Waals surface area contributed by atoms with Crippen LogP contribution in [0.25, 0.3) is 10.9 Å². The molecule has 0 saturated heterocycles. The predicted molar refractivity (Wildman–Crippen MR) is 97.1 cm³/mol. The van der Waals surface area contributed by atoms with Gasteiger partial charge in [0.15, 0.2) is 0 Å². The van der Waals surface area contributed by atoms with Crippen LogP contribution in [0.15, 0.2) is 53.5 Å². The number of halogens is 1. The summed E-state index contributed by atoms with van der Waals surface area (Å²) in [6.45, 7) is 0. The molecule has 1 heterocycles. The normalized spacial score (nSPS) is 14.3. The largest absolute Gasteiger partial charge is 0.255 e. The predicted octanol–water partition coefficient (Wildman–Crippen LogP) is 5.52. The molecule has 2 aromatic carbocycles. The molecular formula is C20H17ClN2. The summed E-state index contributed by atoms with van der Waals surface area (Å²) >= 11 is 5.95. The van der Waals surface area contributed by atoms with Crippen molar-refractivity contribution in [3.8, 4) is 0 Å². The van der Waals surface area contributed by atoms with Crippen molar-refractivity contribution in [2.24, 2.45) is 4.99 Å². The minimum atomic E-state index is 0.744. The minimum Gasteiger partial charge on any atom is -0.255 e. The van der Waals surface area contributed by atoms with Crippen molar-refractivity contribution in [3.63, 3.8) is 0 Å². The lowest BCUT2D eigenvalue weighted by molar-refractivity contribution is 0.672. The molecule has 0 N–H and O–H groups in total. The van der Waals surface area contributed by atoms with Gasteiger partial charge in [-0.1, -0.05) is 41.9 Å². The lowest BCUT2D eigenvalue weighted by atomic mass is 9.93. The zero-order chi connectivity index (χ0) is 15.6. The van der Waals surface area contributed by atoms with Gasteiger partial charge in [0.05, 0.1) is 11.2 Å². The highest BCUT2D eigenvalue weighted by atomic mass is 35.5. The van der Waals surface area contributed by atoms with Gasteiger partial charge in [0.25, 0.3) is 0 Å². The maximum absolute atomic E-state index is 5.95. The Balaban J connectivity index is 1.85. The third-order valence-corrected chi connectivity index (χ3v) is 4.60. The van der Waals surface area contributed by atoms with Crippen molar-refractivity contribution in [1.29, 1.82) is 0 Å². The number of aliphatic imine (C=N–C) groups is 1. The van der Waals surface area contributed by atoms with Crippen LogP contribution in [0, 0.1) is 0 Å². The monoisotopic (exact) mass is 320 g/mol. The molecule has 114 valence electrons. The molecule has 0 radical (unpaired) electrons. The molecule has 3 heteroatoms. The molecule has 0 aliphatic heterocycles. The van der Waals surface area contributed by atoms with E-state index >= 15 is 0 Å². The SMILES string of the molecule is Clc1ccc(/C=N/c2c3c(nc4ccccc24)CCCC3)cc1. The zero-order valence-corrected chi connectivity index (χ0v) is 13.6. The van der Waals surface area contributed by atoms with Gasteiger partial charge in [-0.15, -0.1) is 0 Å². The Labute approximate surface area is 140 Å². The van der Waals surface area contributed by atoms with Crippen LogP contribution >= 0.6 is 11.6 Å². The van der Waals surface area contributed by atoms with Gasteiger partial charge in [-0.2, -0.15) is 0 Å². The summed E-state index contributed by atoms with van der Waals surface area (Å²) in [4.78, 5) is 9.69. The highest BCUT2D eigenvalue weighted by molar-refractivity contribution is 6.30. The van der Waals surface area contributed by atoms with E-state index in [1.807, 2.05) is 36.5 Å². The van der Waals surface area contributed by atoms with E-state index in [0.29, 0.717) is 0 Å². The maximum Gasteiger partial charge on any atom is 0.0774 e. The van der Waals surface area contributed by atoms with Crippen LogP contribution in [0.4, 0.5) is 5.69 Å². The van der Waals surface area contributed by atoms with Crippen LogP contribution in [0.3, 0.4) is 0 Å². The van der Waals surface area contributed by atoms with E-state index in [0.717, 1.165) is 40.0 Å². The Hall–Kier alpha value is -2.19. The number of fused-ring (bicyclic) bond motifs is 2. The third-order valence-electron chi connectivity index (χ3n) is 4.35. The van der Waals surface area contributed by atoms with Crippen LogP contribution in [-0.2, 0) is 12.8 Å². The summed E-state index contributed by atoms with van der Waals surface area (Å²) in [5.41, 5.74) is 5.72. The molecule has 1 aliphatic rings. The first-order chi connectivity index (χ1) is 11.3. The standard InChI is InChI=1S/C20H17ClN2/c21-15-11-9-14(10-12-15)13-22-20-16-5-1-3-7-18(16)23-19-8-4-2-6-17(19)20/h1,3,5,7,9-13H,2,4,6,8H2/b22-13+. The van der Waals surface area contributed by atoms with Gasteiger partial charge in [0.2, 0.25) is 0 Å². The smallest absolute Gasteiger partial charge is 0.0774 e. The molecule has 0 atom stereocenters. The van der Waals surface area contributed by atoms with Crippen molar-refractivity contribution in [3.05, 3.63) is 70.4 Å². The van der Waals surface area contributed by atoms with Gasteiger partial charge in [0, 0.05) is 22.3 Å². The molecule has 0 amide bonds. The first-order valence-electron chi connectivity index (χ1n) is 8.01. The number of para-hydroxylation sites is 1. The van der Waals surface area contributed by atoms with Crippen molar-refractivity contribution in [2.75, 3.05) is 0 Å². The molecule has 0 bridgehead atoms. The highest BCUT2D eigenvalue weighted by Crippen LogP contribution is 2.35. The number of hydrogen-bond donors (Lipinski definition) is 0. The first-order valence-corrected chi connectivity index (χ1v) is 8.39. The lowest BCUT2D eigenvalue weighted by Gasteiger charge is -2.18. The molecule has 0 fully saturated rings. The van der Waals surface area contributed by atoms with Crippen molar-refractivity contribution in [2.45, 2.75) is 25.7 Å². The average Bonchev–Trinajstić information content (AvgIpc) is 2.60. The molecule has 3 aromatic rings. The number of aromatic nitrogens is 1. The molecule has 4 rings (SSSR count). The van der Waals surface area contributed by atoms with Gasteiger partial charge >= 0.3 is 0 Å². The minimum absolute atomic E-state index is 0.744. The van der Waals surface area contributed by atoms with Crippen LogP contribution in [0.1, 0.15) is 29.7 Å². The molecule has 1 aliphatic carbocycles. The van der Waals surface area contributed by atoms with E-state index in [1.54, 1.807) is 0 Å². The maximum atomic E-state index is 5.95. The lowest BCUT2D eigenvalue weighted by Crippen LogP contribution is -2.06. The van der Waals surface area contributed by atoms with E-state index in [2.05, 4.69) is 18.2 Å². The Morgan fingerprint density at radius 3 is 2.61 bits per heavy atom. The Bertz CT molecular complexity index is 882. The molecule has 0 spiro atoms. The van der Waals surface area contributed by atoms with Crippen LogP contribution in [-0.4, -0.2) is 11.2 Å². The van der Waals surface area contributed by atoms with E-state index in [1.165, 1.54) is 24.1 Å². The molecule has 1 aromatic heterocycles. The van der Waals surface area contributed by atoms with Gasteiger partial charge in [-0.3, -0.25) is 9.98 Å². The second kappa shape index (κ2) is 6.13. The fourth-order valence-corrected chi connectivity index (χ4v) is 3.31. The summed E-state index contributed by atoms with van der Waals surface area (Å²) in [6, 6.07) is 16.0. The fourth-order valence-electron chi connectivity index (χ4n) is 3.18. The zero-order valence-electron chi connectivity index (χ0n) is 12.8. The second-order valence-electron chi connectivity index (χ2n) is 5.92. The fraction of sp³-hybridized carbons (Fsp3) is 0.200. The molecule has 2 nitrogen and oxygen atoms in total. The van der Waals surface area contributed by atoms with Crippen molar-refractivity contribution >= 4 is 34.4 Å². The Morgan fingerprint density at radius 1 is 0.957 bits per heavy atom. The summed E-state index contributed by atoms with van der Waals surface area (Å²) in [6.07, 6.45) is 6.49. The Kier molecular flexibility index (Phi) is 3.84. The summed E-state index contributed by atoms with van der Waals surface area (Å²) in [5, 5.41) is 1.88. The van der Waals surface area contributed by atoms with Crippen LogP contribution in [0.2, 0.25) is 5.02 Å². The molecular weight excluding hydrogens is 304 g/mol. The van der Waals surface area contributed by atoms with E-state index in [4.69, 9.17) is 21.6 Å². The number of rotatable bonds is 2. The van der Waals surface area contributed by atoms with E-state index in [9.17, 15) is 0 Å². The van der Waals surface area contributed by atoms with Gasteiger partial charge < -0.3 is 0 Å². The Morgan fingerprint density at radius 2 is 1.74 bits per heavy atom. The number of pyridine rings is 1. The number of aryl methyl sites for hydroxylation is 1. The molecule has 23 heavy (non-hydrogen) atoms. The summed E-state index contributed by atoms with van der Waals surface area (Å²) in [5.74, 6) is 0. The second-order valence-corrected chi connectivity index (χ2v) is 6.36. The molecule has 0 unspecified atom stereocenters. The quantitative estimate of drug-likeness (QED) is 0.571. The van der Waals surface area contributed by atoms with Crippen LogP contribution < -0.4 is 0 Å². The highest BCUT2D eigenvalue weighted by Gasteiger charge is 2.17. The first kappa shape index (κ1) is 14.4. The van der Waals surface area contributed by atoms with Crippen molar-refractivity contribution in [1.82, 2.24) is 4.98 Å². The number of hydrogen-bond acceptors (Lipinski definition) is 2. The van der Waals surface area contributed by atoms with Gasteiger partial charge in [-0.05, 0) is 55.0 Å². The summed E-state index contributed by atoms with van der Waals surface area (Å²) < 4.78 is 0. The third kappa shape index (κ3) is 2.87. The topological polar surface area (TPSA) is 25.2 Å². The summed E-state index contributed by atoms with van der Waals surface area (Å²) in [7, 11) is 0. The molecule has 0 saturated carbocycles. The number of nitrogens with zero attached hydrogens (tertiary/aromatic N) is 2. The van der Waals surface area contributed by atoms with Crippen molar-refractivity contribution < 1.29 is 0 Å². The van der Waals surface area contributed by atoms with Crippen LogP contribution in [0.5, 0.6) is 0 Å². The van der Waals surface area contributed by atoms with E-state index < -0.39 is 0 Å². The average molecular weight is 321 g/mol. The van der Waals surface area contributed by atoms with Gasteiger partial charge in [-0.25, -0.2) is 0 Å². The van der Waals surface area contributed by atoms with E-state index in [-0.39, 0.29) is 0 Å². The van der Waals surface area contributed by atoms with Gasteiger partial charge in [0.1, 0.15) is 0 Å². The number of benzene rings is 2.